The third kappa shape index (κ3) is 4.14. The van der Waals surface area contributed by atoms with Crippen molar-refractivity contribution in [2.24, 2.45) is 5.92 Å². The molecule has 0 radical (unpaired) electrons. The lowest BCUT2D eigenvalue weighted by atomic mass is 9.89. The molecule has 14 nitrogen and oxygen atoms in total. The molecule has 0 fully saturated rings. The molecule has 2 unspecified atom stereocenters. The molecule has 162 valence electrons. The van der Waals surface area contributed by atoms with Crippen LogP contribution < -0.4 is 19.5 Å². The number of carboxylic acid groups (broad SMARTS) is 1. The van der Waals surface area contributed by atoms with Gasteiger partial charge in [-0.05, 0) is 6.92 Å². The van der Waals surface area contributed by atoms with E-state index in [4.69, 9.17) is 9.47 Å². The predicted octanol–water partition coefficient (Wildman–Crippen LogP) is 0.439. The standard InChI is InChI=1S/C15H17N5O9S/c1-15(7-5-4-6-8(15)12(21)22)30(26,27)19-13(23)16-10-9(20(24)25)11(28-2)18-14(17-10)29-3/h4-8H,1-3H3,(H,21,22)(H2,16,17,18,19,23). The Hall–Kier alpha value is -3.75. The van der Waals surface area contributed by atoms with E-state index in [0.717, 1.165) is 33.3 Å². The maximum Gasteiger partial charge on any atom is 0.373 e. The van der Waals surface area contributed by atoms with Gasteiger partial charge in [-0.25, -0.2) is 17.9 Å². The summed E-state index contributed by atoms with van der Waals surface area (Å²) in [5.41, 5.74) is -0.846. The molecule has 0 saturated carbocycles. The molecule has 2 rings (SSSR count). The molecule has 2 amide bonds. The van der Waals surface area contributed by atoms with E-state index in [9.17, 15) is 33.2 Å². The van der Waals surface area contributed by atoms with E-state index in [1.807, 2.05) is 5.32 Å². The minimum absolute atomic E-state index is 0.395. The zero-order valence-electron chi connectivity index (χ0n) is 15.8. The monoisotopic (exact) mass is 443 g/mol. The molecule has 1 aromatic heterocycles. The number of carbonyl (C=O) groups excluding carboxylic acids is 1. The zero-order valence-corrected chi connectivity index (χ0v) is 16.7. The zero-order chi connectivity index (χ0) is 22.7. The molecule has 1 aromatic rings. The molecule has 0 aliphatic heterocycles. The first-order chi connectivity index (χ1) is 14.0. The van der Waals surface area contributed by atoms with Gasteiger partial charge in [0.05, 0.1) is 25.1 Å². The van der Waals surface area contributed by atoms with Gasteiger partial charge < -0.3 is 14.6 Å². The van der Waals surface area contributed by atoms with Gasteiger partial charge in [0.15, 0.2) is 0 Å². The molecule has 0 bridgehead atoms. The summed E-state index contributed by atoms with van der Waals surface area (Å²) < 4.78 is 34.7. The maximum atomic E-state index is 12.8. The molecule has 2 atom stereocenters. The lowest BCUT2D eigenvalue weighted by molar-refractivity contribution is -0.385. The second-order valence-corrected chi connectivity index (χ2v) is 8.07. The van der Waals surface area contributed by atoms with Gasteiger partial charge >= 0.3 is 29.6 Å². The molecule has 15 heteroatoms. The Kier molecular flexibility index (Phi) is 6.25. The Balaban J connectivity index is 2.37. The molecule has 1 aliphatic rings. The summed E-state index contributed by atoms with van der Waals surface area (Å²) in [5, 5.41) is 22.6. The SMILES string of the molecule is COc1nc(NC(=O)NS(=O)(=O)C2(C)C=CC=CC2C(=O)O)c([N+](=O)[O-])c(OC)n1. The van der Waals surface area contributed by atoms with E-state index in [-0.39, 0.29) is 0 Å². The molecule has 1 heterocycles. The minimum atomic E-state index is -4.62. The van der Waals surface area contributed by atoms with E-state index >= 15 is 0 Å². The fourth-order valence-electron chi connectivity index (χ4n) is 2.57. The van der Waals surface area contributed by atoms with E-state index in [0.29, 0.717) is 0 Å². The number of anilines is 1. The van der Waals surface area contributed by atoms with Crippen LogP contribution in [0.2, 0.25) is 0 Å². The smallest absolute Gasteiger partial charge is 0.373 e. The fourth-order valence-corrected chi connectivity index (χ4v) is 3.85. The Bertz CT molecular complexity index is 1050. The van der Waals surface area contributed by atoms with Crippen molar-refractivity contribution in [3.63, 3.8) is 0 Å². The number of carboxylic acids is 1. The first-order valence-electron chi connectivity index (χ1n) is 8.03. The van der Waals surface area contributed by atoms with Crippen LogP contribution in [0.4, 0.5) is 16.3 Å². The molecule has 1 aliphatic carbocycles. The number of nitro groups is 1. The van der Waals surface area contributed by atoms with Crippen molar-refractivity contribution >= 4 is 33.5 Å². The number of amides is 2. The highest BCUT2D eigenvalue weighted by atomic mass is 32.2. The molecule has 30 heavy (non-hydrogen) atoms. The largest absolute Gasteiger partial charge is 0.481 e. The summed E-state index contributed by atoms with van der Waals surface area (Å²) in [6.07, 6.45) is 4.95. The van der Waals surface area contributed by atoms with Crippen LogP contribution in [-0.2, 0) is 14.8 Å². The van der Waals surface area contributed by atoms with Gasteiger partial charge in [0.25, 0.3) is 0 Å². The summed E-state index contributed by atoms with van der Waals surface area (Å²) in [4.78, 5) is 41.4. The van der Waals surface area contributed by atoms with Gasteiger partial charge in [0.1, 0.15) is 4.75 Å². The fraction of sp³-hybridized carbons (Fsp3) is 0.333. The molecular formula is C15H17N5O9S. The number of carbonyl (C=O) groups is 2. The second kappa shape index (κ2) is 8.32. The molecule has 3 N–H and O–H groups in total. The first kappa shape index (κ1) is 22.5. The predicted molar refractivity (Wildman–Crippen MR) is 101 cm³/mol. The highest BCUT2D eigenvalue weighted by molar-refractivity contribution is 7.91. The van der Waals surface area contributed by atoms with Crippen LogP contribution in [0.1, 0.15) is 6.92 Å². The van der Waals surface area contributed by atoms with E-state index < -0.39 is 61.0 Å². The van der Waals surface area contributed by atoms with Crippen molar-refractivity contribution in [2.45, 2.75) is 11.7 Å². The number of allylic oxidation sites excluding steroid dienone is 2. The van der Waals surface area contributed by atoms with E-state index in [1.165, 1.54) is 12.2 Å². The Labute approximate surface area is 169 Å². The third-order valence-corrected chi connectivity index (χ3v) is 6.16. The number of ether oxygens (including phenoxy) is 2. The van der Waals surface area contributed by atoms with Crippen LogP contribution in [0.25, 0.3) is 0 Å². The Morgan fingerprint density at radius 3 is 2.47 bits per heavy atom. The van der Waals surface area contributed by atoms with Gasteiger partial charge in [-0.15, -0.1) is 0 Å². The maximum absolute atomic E-state index is 12.8. The lowest BCUT2D eigenvalue weighted by Gasteiger charge is -2.31. The summed E-state index contributed by atoms with van der Waals surface area (Å²) >= 11 is 0. The normalized spacial score (nSPS) is 20.3. The van der Waals surface area contributed by atoms with Crippen molar-refractivity contribution < 1.29 is 37.5 Å². The highest BCUT2D eigenvalue weighted by Gasteiger charge is 2.48. The molecule has 0 spiro atoms. The van der Waals surface area contributed by atoms with Crippen LogP contribution in [0.5, 0.6) is 11.9 Å². The van der Waals surface area contributed by atoms with Gasteiger partial charge in [0, 0.05) is 0 Å². The summed E-state index contributed by atoms with van der Waals surface area (Å²) in [7, 11) is -2.38. The Morgan fingerprint density at radius 1 is 1.27 bits per heavy atom. The van der Waals surface area contributed by atoms with Crippen LogP contribution in [0.3, 0.4) is 0 Å². The number of sulfonamides is 1. The summed E-state index contributed by atoms with van der Waals surface area (Å²) in [6, 6.07) is -1.82. The first-order valence-corrected chi connectivity index (χ1v) is 9.51. The summed E-state index contributed by atoms with van der Waals surface area (Å²) in [6.45, 7) is 1.11. The van der Waals surface area contributed by atoms with Crippen LogP contribution in [-0.4, -0.2) is 59.4 Å². The minimum Gasteiger partial charge on any atom is -0.481 e. The molecule has 0 saturated heterocycles. The van der Waals surface area contributed by atoms with Crippen molar-refractivity contribution in [3.8, 4) is 11.9 Å². The van der Waals surface area contributed by atoms with Gasteiger partial charge in [0.2, 0.25) is 15.8 Å². The second-order valence-electron chi connectivity index (χ2n) is 5.98. The van der Waals surface area contributed by atoms with Gasteiger partial charge in [-0.2, -0.15) is 9.97 Å². The number of aliphatic carboxylic acids is 1. The highest BCUT2D eigenvalue weighted by Crippen LogP contribution is 2.34. The van der Waals surface area contributed by atoms with E-state index in [2.05, 4.69) is 9.97 Å². The third-order valence-electron chi connectivity index (χ3n) is 4.15. The number of methoxy groups -OCH3 is 2. The quantitative estimate of drug-likeness (QED) is 0.390. The molecule has 0 aromatic carbocycles. The lowest BCUT2D eigenvalue weighted by Crippen LogP contribution is -2.52. The average molecular weight is 443 g/mol. The average Bonchev–Trinajstić information content (AvgIpc) is 2.66. The number of hydrogen-bond acceptors (Lipinski definition) is 10. The van der Waals surface area contributed by atoms with Crippen LogP contribution >= 0.6 is 0 Å². The number of nitrogens with one attached hydrogen (secondary N) is 2. The molecular weight excluding hydrogens is 426 g/mol. The number of hydrogen-bond donors (Lipinski definition) is 3. The van der Waals surface area contributed by atoms with Crippen molar-refractivity contribution in [1.82, 2.24) is 14.7 Å². The van der Waals surface area contributed by atoms with Crippen molar-refractivity contribution in [3.05, 3.63) is 34.4 Å². The van der Waals surface area contributed by atoms with E-state index in [1.54, 1.807) is 4.72 Å². The number of urea groups is 1. The van der Waals surface area contributed by atoms with Gasteiger partial charge in [-0.3, -0.25) is 20.2 Å². The summed E-state index contributed by atoms with van der Waals surface area (Å²) in [5.74, 6) is -4.15. The number of aromatic nitrogens is 2. The van der Waals surface area contributed by atoms with Crippen molar-refractivity contribution in [1.29, 1.82) is 0 Å². The number of nitrogens with zero attached hydrogens (tertiary/aromatic N) is 3. The number of rotatable bonds is 7. The van der Waals surface area contributed by atoms with Crippen LogP contribution in [0, 0.1) is 16.0 Å². The van der Waals surface area contributed by atoms with Crippen molar-refractivity contribution in [2.75, 3.05) is 19.5 Å². The van der Waals surface area contributed by atoms with Crippen LogP contribution in [0.15, 0.2) is 24.3 Å². The Morgan fingerprint density at radius 2 is 1.93 bits per heavy atom. The van der Waals surface area contributed by atoms with Gasteiger partial charge in [-0.1, -0.05) is 24.3 Å². The topological polar surface area (TPSA) is 200 Å².